The summed E-state index contributed by atoms with van der Waals surface area (Å²) in [4.78, 5) is 12.1. The SMILES string of the molecule is COC=C(C(=O)OC)c1ccccc1COc1cccc(Oc2ccc(Cl)nn2)c1. The van der Waals surface area contributed by atoms with Crippen LogP contribution in [0.2, 0.25) is 5.15 Å². The molecule has 7 nitrogen and oxygen atoms in total. The molecule has 30 heavy (non-hydrogen) atoms. The molecule has 0 fully saturated rings. The summed E-state index contributed by atoms with van der Waals surface area (Å²) in [6, 6.07) is 17.7. The topological polar surface area (TPSA) is 79.8 Å². The van der Waals surface area contributed by atoms with E-state index in [4.69, 9.17) is 30.5 Å². The lowest BCUT2D eigenvalue weighted by molar-refractivity contribution is -0.133. The Bertz CT molecular complexity index is 1040. The van der Waals surface area contributed by atoms with Gasteiger partial charge in [0.25, 0.3) is 0 Å². The summed E-state index contributed by atoms with van der Waals surface area (Å²) in [5.41, 5.74) is 1.76. The van der Waals surface area contributed by atoms with Crippen LogP contribution in [0, 0.1) is 0 Å². The van der Waals surface area contributed by atoms with Gasteiger partial charge in [0.05, 0.1) is 20.5 Å². The number of rotatable bonds is 8. The van der Waals surface area contributed by atoms with Crippen LogP contribution in [0.15, 0.2) is 66.9 Å². The zero-order valence-corrected chi connectivity index (χ0v) is 17.1. The van der Waals surface area contributed by atoms with E-state index in [-0.39, 0.29) is 11.8 Å². The highest BCUT2D eigenvalue weighted by Gasteiger charge is 2.17. The molecule has 0 amide bonds. The van der Waals surface area contributed by atoms with Crippen molar-refractivity contribution in [1.29, 1.82) is 0 Å². The minimum absolute atomic E-state index is 0.221. The Morgan fingerprint density at radius 3 is 2.53 bits per heavy atom. The van der Waals surface area contributed by atoms with Gasteiger partial charge in [-0.25, -0.2) is 4.79 Å². The van der Waals surface area contributed by atoms with E-state index < -0.39 is 5.97 Å². The number of halogens is 1. The predicted octanol–water partition coefficient (Wildman–Crippen LogP) is 4.66. The maximum Gasteiger partial charge on any atom is 0.341 e. The average molecular weight is 427 g/mol. The Kier molecular flexibility index (Phi) is 7.24. The van der Waals surface area contributed by atoms with Gasteiger partial charge in [-0.05, 0) is 29.3 Å². The first-order chi connectivity index (χ1) is 14.6. The molecule has 0 aliphatic heterocycles. The van der Waals surface area contributed by atoms with E-state index in [1.165, 1.54) is 20.5 Å². The molecule has 0 atom stereocenters. The first kappa shape index (κ1) is 21.1. The highest BCUT2D eigenvalue weighted by molar-refractivity contribution is 6.29. The number of carbonyl (C=O) groups is 1. The fraction of sp³-hybridized carbons (Fsp3) is 0.136. The number of benzene rings is 2. The third-order valence-corrected chi connectivity index (χ3v) is 4.18. The van der Waals surface area contributed by atoms with E-state index >= 15 is 0 Å². The third-order valence-electron chi connectivity index (χ3n) is 3.98. The molecule has 1 heterocycles. The summed E-state index contributed by atoms with van der Waals surface area (Å²) in [5, 5.41) is 7.89. The molecular weight excluding hydrogens is 408 g/mol. The van der Waals surface area contributed by atoms with Crippen molar-refractivity contribution in [1.82, 2.24) is 10.2 Å². The summed E-state index contributed by atoms with van der Waals surface area (Å²) in [6.45, 7) is 0.221. The van der Waals surface area contributed by atoms with Crippen LogP contribution < -0.4 is 9.47 Å². The number of nitrogens with zero attached hydrogens (tertiary/aromatic N) is 2. The summed E-state index contributed by atoms with van der Waals surface area (Å²) in [6.07, 6.45) is 1.35. The third kappa shape index (κ3) is 5.48. The van der Waals surface area contributed by atoms with Gasteiger partial charge in [-0.1, -0.05) is 41.9 Å². The van der Waals surface area contributed by atoms with Crippen molar-refractivity contribution in [2.75, 3.05) is 14.2 Å². The van der Waals surface area contributed by atoms with Crippen molar-refractivity contribution in [2.24, 2.45) is 0 Å². The molecule has 3 aromatic rings. The number of ether oxygens (including phenoxy) is 4. The van der Waals surface area contributed by atoms with Gasteiger partial charge in [-0.2, -0.15) is 0 Å². The zero-order valence-electron chi connectivity index (χ0n) is 16.4. The van der Waals surface area contributed by atoms with Gasteiger partial charge in [0.1, 0.15) is 23.7 Å². The maximum atomic E-state index is 12.1. The minimum atomic E-state index is -0.497. The average Bonchev–Trinajstić information content (AvgIpc) is 2.78. The molecule has 0 aliphatic rings. The normalized spacial score (nSPS) is 11.0. The summed E-state index contributed by atoms with van der Waals surface area (Å²) in [5.74, 6) is 0.935. The van der Waals surface area contributed by atoms with Crippen molar-refractivity contribution in [3.05, 3.63) is 83.2 Å². The second kappa shape index (κ2) is 10.3. The molecule has 8 heteroatoms. The summed E-state index contributed by atoms with van der Waals surface area (Å²) >= 11 is 5.73. The Balaban J connectivity index is 1.75. The fourth-order valence-corrected chi connectivity index (χ4v) is 2.73. The van der Waals surface area contributed by atoms with E-state index in [0.29, 0.717) is 28.5 Å². The van der Waals surface area contributed by atoms with Crippen LogP contribution in [0.5, 0.6) is 17.4 Å². The van der Waals surface area contributed by atoms with Crippen LogP contribution in [0.4, 0.5) is 0 Å². The molecule has 0 saturated carbocycles. The van der Waals surface area contributed by atoms with Crippen molar-refractivity contribution < 1.29 is 23.7 Å². The maximum absolute atomic E-state index is 12.1. The highest BCUT2D eigenvalue weighted by atomic mass is 35.5. The number of esters is 1. The molecule has 0 unspecified atom stereocenters. The van der Waals surface area contributed by atoms with E-state index in [1.807, 2.05) is 18.2 Å². The van der Waals surface area contributed by atoms with Gasteiger partial charge in [-0.3, -0.25) is 0 Å². The van der Waals surface area contributed by atoms with Crippen LogP contribution in [0.3, 0.4) is 0 Å². The predicted molar refractivity (Wildman–Crippen MR) is 111 cm³/mol. The molecule has 1 aromatic heterocycles. The van der Waals surface area contributed by atoms with Crippen molar-refractivity contribution in [3.8, 4) is 17.4 Å². The van der Waals surface area contributed by atoms with Crippen LogP contribution in [0.1, 0.15) is 11.1 Å². The molecule has 0 bridgehead atoms. The molecule has 154 valence electrons. The van der Waals surface area contributed by atoms with Crippen molar-refractivity contribution >= 4 is 23.1 Å². The molecular formula is C22H19ClN2O5. The highest BCUT2D eigenvalue weighted by Crippen LogP contribution is 2.26. The zero-order chi connectivity index (χ0) is 21.3. The Hall–Kier alpha value is -3.58. The number of hydrogen-bond donors (Lipinski definition) is 0. The first-order valence-corrected chi connectivity index (χ1v) is 9.28. The molecule has 2 aromatic carbocycles. The van der Waals surface area contributed by atoms with E-state index in [0.717, 1.165) is 5.56 Å². The van der Waals surface area contributed by atoms with E-state index in [1.54, 1.807) is 42.5 Å². The van der Waals surface area contributed by atoms with Gasteiger partial charge in [0.2, 0.25) is 5.88 Å². The number of aromatic nitrogens is 2. The van der Waals surface area contributed by atoms with Gasteiger partial charge >= 0.3 is 5.97 Å². The number of carbonyl (C=O) groups excluding carboxylic acids is 1. The number of hydrogen-bond acceptors (Lipinski definition) is 7. The lowest BCUT2D eigenvalue weighted by Crippen LogP contribution is -2.08. The van der Waals surface area contributed by atoms with E-state index in [2.05, 4.69) is 10.2 Å². The van der Waals surface area contributed by atoms with Crippen LogP contribution >= 0.6 is 11.6 Å². The molecule has 0 N–H and O–H groups in total. The second-order valence-electron chi connectivity index (χ2n) is 5.98. The van der Waals surface area contributed by atoms with Crippen LogP contribution in [-0.2, 0) is 20.9 Å². The van der Waals surface area contributed by atoms with Gasteiger partial charge in [-0.15, -0.1) is 10.2 Å². The first-order valence-electron chi connectivity index (χ1n) is 8.90. The quantitative estimate of drug-likeness (QED) is 0.294. The van der Waals surface area contributed by atoms with Gasteiger partial charge < -0.3 is 18.9 Å². The number of methoxy groups -OCH3 is 2. The van der Waals surface area contributed by atoms with Crippen molar-refractivity contribution in [3.63, 3.8) is 0 Å². The molecule has 0 aliphatic carbocycles. The van der Waals surface area contributed by atoms with Gasteiger partial charge in [0.15, 0.2) is 5.15 Å². The lowest BCUT2D eigenvalue weighted by Gasteiger charge is -2.13. The molecule has 0 radical (unpaired) electrons. The smallest absolute Gasteiger partial charge is 0.341 e. The fourth-order valence-electron chi connectivity index (χ4n) is 2.63. The van der Waals surface area contributed by atoms with E-state index in [9.17, 15) is 4.79 Å². The monoisotopic (exact) mass is 426 g/mol. The Labute approximate surface area is 178 Å². The molecule has 3 rings (SSSR count). The molecule has 0 saturated heterocycles. The summed E-state index contributed by atoms with van der Waals surface area (Å²) < 4.78 is 21.5. The van der Waals surface area contributed by atoms with Gasteiger partial charge in [0, 0.05) is 12.1 Å². The van der Waals surface area contributed by atoms with Crippen LogP contribution in [-0.4, -0.2) is 30.4 Å². The second-order valence-corrected chi connectivity index (χ2v) is 6.36. The largest absolute Gasteiger partial charge is 0.503 e. The minimum Gasteiger partial charge on any atom is -0.503 e. The van der Waals surface area contributed by atoms with Crippen LogP contribution in [0.25, 0.3) is 5.57 Å². The summed E-state index contributed by atoms with van der Waals surface area (Å²) in [7, 11) is 2.79. The Morgan fingerprint density at radius 1 is 1.00 bits per heavy atom. The lowest BCUT2D eigenvalue weighted by atomic mass is 10.0. The Morgan fingerprint density at radius 2 is 1.80 bits per heavy atom. The van der Waals surface area contributed by atoms with Crippen molar-refractivity contribution in [2.45, 2.75) is 6.61 Å². The standard InChI is InChI=1S/C22H19ClN2O5/c1-27-14-19(22(26)28-2)18-9-4-3-6-15(18)13-29-16-7-5-8-17(12-16)30-21-11-10-20(23)24-25-21/h3-12,14H,13H2,1-2H3. The molecule has 0 spiro atoms.